The van der Waals surface area contributed by atoms with E-state index in [-0.39, 0.29) is 44.6 Å². The molecule has 5 aliphatic rings. The minimum Gasteiger partial charge on any atom is -0.311 e. The van der Waals surface area contributed by atoms with Crippen LogP contribution in [0.4, 0.5) is 51.2 Å². The first kappa shape index (κ1) is 48.9. The van der Waals surface area contributed by atoms with E-state index in [1.807, 2.05) is 0 Å². The van der Waals surface area contributed by atoms with Crippen molar-refractivity contribution in [1.29, 1.82) is 0 Å². The van der Waals surface area contributed by atoms with E-state index in [4.69, 9.17) is 0 Å². The molecule has 0 radical (unpaired) electrons. The summed E-state index contributed by atoms with van der Waals surface area (Å²) in [7, 11) is 0. The number of anilines is 9. The SMILES string of the molecule is Cc1cc2c(cc1N1c3cc4c(cc3B3c5cc(N(c6ccccc6)c6ccccc6)ccc5N(c5ccc6c(c5C)C(C)(C)CC6(C)C)c5cc(C(C)(C)C)cc1c53)C(C)(C)CCC4(C)C)C(C)(C)CC2(C)C. The van der Waals surface area contributed by atoms with Gasteiger partial charge in [-0.25, -0.2) is 0 Å². The summed E-state index contributed by atoms with van der Waals surface area (Å²) in [5.41, 5.74) is 28.6. The fourth-order valence-electron chi connectivity index (χ4n) is 15.8. The van der Waals surface area contributed by atoms with Crippen LogP contribution in [-0.4, -0.2) is 6.71 Å². The largest absolute Gasteiger partial charge is 0.311 e. The summed E-state index contributed by atoms with van der Waals surface area (Å²) >= 11 is 0. The predicted octanol–water partition coefficient (Wildman–Crippen LogP) is 17.4. The number of para-hydroxylation sites is 2. The number of fused-ring (bicyclic) bond motifs is 7. The van der Waals surface area contributed by atoms with Gasteiger partial charge in [0.15, 0.2) is 0 Å². The van der Waals surface area contributed by atoms with Crippen molar-refractivity contribution in [1.82, 2.24) is 0 Å². The van der Waals surface area contributed by atoms with Gasteiger partial charge in [0.05, 0.1) is 0 Å². The van der Waals surface area contributed by atoms with Crippen LogP contribution >= 0.6 is 0 Å². The Balaban J connectivity index is 1.24. The average Bonchev–Trinajstić information content (AvgIpc) is 3.64. The molecule has 0 saturated heterocycles. The third-order valence-corrected chi connectivity index (χ3v) is 19.1. The second-order valence-electron chi connectivity index (χ2n) is 28.5. The maximum Gasteiger partial charge on any atom is 0.252 e. The number of nitrogens with zero attached hydrogens (tertiary/aromatic N) is 3. The molecule has 0 N–H and O–H groups in total. The lowest BCUT2D eigenvalue weighted by Crippen LogP contribution is -2.62. The van der Waals surface area contributed by atoms with Crippen LogP contribution in [0.25, 0.3) is 0 Å². The van der Waals surface area contributed by atoms with Crippen molar-refractivity contribution in [2.75, 3.05) is 14.7 Å². The van der Waals surface area contributed by atoms with Crippen molar-refractivity contribution in [2.24, 2.45) is 0 Å². The molecule has 74 heavy (non-hydrogen) atoms. The highest BCUT2D eigenvalue weighted by Gasteiger charge is 2.50. The van der Waals surface area contributed by atoms with Gasteiger partial charge in [-0.2, -0.15) is 0 Å². The summed E-state index contributed by atoms with van der Waals surface area (Å²) in [5, 5.41) is 0. The van der Waals surface area contributed by atoms with E-state index >= 15 is 0 Å². The zero-order chi connectivity index (χ0) is 52.6. The smallest absolute Gasteiger partial charge is 0.252 e. The maximum atomic E-state index is 2.77. The highest BCUT2D eigenvalue weighted by atomic mass is 15.2. The van der Waals surface area contributed by atoms with Crippen LogP contribution in [-0.2, 0) is 37.9 Å². The van der Waals surface area contributed by atoms with Gasteiger partial charge in [-0.05, 0) is 217 Å². The molecule has 0 amide bonds. The third-order valence-electron chi connectivity index (χ3n) is 19.1. The molecule has 3 aliphatic carbocycles. The van der Waals surface area contributed by atoms with E-state index in [1.165, 1.54) is 101 Å². The lowest BCUT2D eigenvalue weighted by atomic mass is 9.33. The lowest BCUT2D eigenvalue weighted by Gasteiger charge is -2.48. The van der Waals surface area contributed by atoms with Crippen molar-refractivity contribution in [2.45, 2.75) is 181 Å². The number of benzene rings is 7. The van der Waals surface area contributed by atoms with E-state index in [1.54, 1.807) is 0 Å². The van der Waals surface area contributed by atoms with Gasteiger partial charge < -0.3 is 14.7 Å². The summed E-state index contributed by atoms with van der Waals surface area (Å²) < 4.78 is 0. The van der Waals surface area contributed by atoms with Crippen LogP contribution in [0.15, 0.2) is 127 Å². The summed E-state index contributed by atoms with van der Waals surface area (Å²) in [6.07, 6.45) is 4.58. The molecular formula is C70H80BN3. The van der Waals surface area contributed by atoms with Gasteiger partial charge in [-0.3, -0.25) is 0 Å². The van der Waals surface area contributed by atoms with Gasteiger partial charge in [0.25, 0.3) is 6.71 Å². The Kier molecular flexibility index (Phi) is 10.4. The molecule has 0 bridgehead atoms. The van der Waals surface area contributed by atoms with Crippen LogP contribution in [0.1, 0.15) is 180 Å². The van der Waals surface area contributed by atoms with Crippen LogP contribution in [0.2, 0.25) is 0 Å². The Labute approximate surface area is 445 Å². The van der Waals surface area contributed by atoms with Crippen molar-refractivity contribution in [3.8, 4) is 0 Å². The molecule has 12 rings (SSSR count). The summed E-state index contributed by atoms with van der Waals surface area (Å²) in [4.78, 5) is 7.94. The molecule has 0 atom stereocenters. The van der Waals surface area contributed by atoms with Gasteiger partial charge in [0.1, 0.15) is 0 Å². The standard InChI is InChI=1S/C70H80BN3/c1-43-34-50-53(69(14,15)41-68(50,12)13)39-58(43)74-59-40-52-51(65(6,7)32-33-66(52,8)9)38-55(59)71-54-37-48(72(46-24-20-18-21-25-46)47-26-22-19-23-27-47)28-30-57(54)73(60-35-45(64(3,4)5)36-61(74)63(60)71)56-31-29-49-62(44(56)2)70(16,17)42-67(49,10)11/h18-31,34-40H,32-33,41-42H2,1-17H3. The molecule has 7 aromatic carbocycles. The monoisotopic (exact) mass is 974 g/mol. The number of aryl methyl sites for hydroxylation is 1. The molecule has 0 spiro atoms. The van der Waals surface area contributed by atoms with E-state index in [0.717, 1.165) is 42.7 Å². The zero-order valence-electron chi connectivity index (χ0n) is 47.9. The second-order valence-corrected chi connectivity index (χ2v) is 28.5. The normalized spacial score (nSPS) is 19.5. The predicted molar refractivity (Wildman–Crippen MR) is 320 cm³/mol. The zero-order valence-corrected chi connectivity index (χ0v) is 47.9. The number of rotatable bonds is 5. The first-order valence-corrected chi connectivity index (χ1v) is 27.9. The molecular weight excluding hydrogens is 894 g/mol. The Hall–Kier alpha value is -6.00. The molecule has 0 fully saturated rings. The topological polar surface area (TPSA) is 9.72 Å². The lowest BCUT2D eigenvalue weighted by molar-refractivity contribution is 0.332. The van der Waals surface area contributed by atoms with E-state index in [0.29, 0.717) is 0 Å². The Morgan fingerprint density at radius 2 is 0.892 bits per heavy atom. The highest BCUT2D eigenvalue weighted by molar-refractivity contribution is 7.00. The quantitative estimate of drug-likeness (QED) is 0.159. The Morgan fingerprint density at radius 1 is 0.419 bits per heavy atom. The molecule has 4 heteroatoms. The fourth-order valence-corrected chi connectivity index (χ4v) is 15.8. The summed E-state index contributed by atoms with van der Waals surface area (Å²) in [5.74, 6) is 0. The molecule has 7 aromatic rings. The molecule has 0 saturated carbocycles. The van der Waals surface area contributed by atoms with E-state index in [2.05, 4.69) is 260 Å². The first-order chi connectivity index (χ1) is 34.6. The molecule has 2 heterocycles. The molecule has 2 aliphatic heterocycles. The van der Waals surface area contributed by atoms with Crippen LogP contribution in [0.3, 0.4) is 0 Å². The summed E-state index contributed by atoms with van der Waals surface area (Å²) in [6, 6.07) is 50.2. The second kappa shape index (κ2) is 15.8. The van der Waals surface area contributed by atoms with Crippen LogP contribution in [0.5, 0.6) is 0 Å². The van der Waals surface area contributed by atoms with Gasteiger partial charge in [-0.15, -0.1) is 0 Å². The summed E-state index contributed by atoms with van der Waals surface area (Å²) in [6.45, 7) is 41.7. The van der Waals surface area contributed by atoms with Crippen molar-refractivity contribution in [3.05, 3.63) is 177 Å². The molecule has 0 aromatic heterocycles. The maximum absolute atomic E-state index is 2.77. The highest BCUT2D eigenvalue weighted by Crippen LogP contribution is 2.57. The number of hydrogen-bond donors (Lipinski definition) is 0. The molecule has 378 valence electrons. The van der Waals surface area contributed by atoms with Crippen LogP contribution in [0, 0.1) is 13.8 Å². The minimum absolute atomic E-state index is 0.0217. The van der Waals surface area contributed by atoms with Gasteiger partial charge in [-0.1, -0.05) is 158 Å². The number of hydrogen-bond acceptors (Lipinski definition) is 3. The van der Waals surface area contributed by atoms with E-state index < -0.39 is 0 Å². The third kappa shape index (κ3) is 7.19. The Morgan fingerprint density at radius 3 is 1.47 bits per heavy atom. The molecule has 3 nitrogen and oxygen atoms in total. The van der Waals surface area contributed by atoms with Crippen molar-refractivity contribution >= 4 is 74.3 Å². The van der Waals surface area contributed by atoms with E-state index in [9.17, 15) is 0 Å². The molecule has 0 unspecified atom stereocenters. The average molecular weight is 974 g/mol. The van der Waals surface area contributed by atoms with Gasteiger partial charge in [0, 0.05) is 51.2 Å². The Bertz CT molecular complexity index is 3430. The van der Waals surface area contributed by atoms with Crippen LogP contribution < -0.4 is 31.1 Å². The van der Waals surface area contributed by atoms with Crippen molar-refractivity contribution in [3.63, 3.8) is 0 Å². The van der Waals surface area contributed by atoms with Gasteiger partial charge in [0.2, 0.25) is 0 Å². The van der Waals surface area contributed by atoms with Crippen molar-refractivity contribution < 1.29 is 0 Å². The first-order valence-electron chi connectivity index (χ1n) is 27.9. The van der Waals surface area contributed by atoms with Gasteiger partial charge >= 0.3 is 0 Å². The fraction of sp³-hybridized carbons (Fsp3) is 0.400. The minimum atomic E-state index is -0.130.